The summed E-state index contributed by atoms with van der Waals surface area (Å²) in [6, 6.07) is -1.48. The minimum absolute atomic E-state index is 0.00444. The van der Waals surface area contributed by atoms with Crippen molar-refractivity contribution in [3.63, 3.8) is 0 Å². The number of carboxylic acid groups (broad SMARTS) is 1. The second-order valence-electron chi connectivity index (χ2n) is 4.57. The van der Waals surface area contributed by atoms with E-state index < -0.39 is 24.1 Å². The fraction of sp³-hybridized carbons (Fsp3) is 0.818. The van der Waals surface area contributed by atoms with Crippen molar-refractivity contribution in [3.8, 4) is 0 Å². The van der Waals surface area contributed by atoms with Crippen LogP contribution in [0.4, 0.5) is 4.79 Å². The Hall–Kier alpha value is -1.34. The van der Waals surface area contributed by atoms with E-state index in [0.717, 1.165) is 0 Å². The number of urea groups is 1. The van der Waals surface area contributed by atoms with Crippen LogP contribution in [-0.4, -0.2) is 66.1 Å². The van der Waals surface area contributed by atoms with Gasteiger partial charge >= 0.3 is 12.0 Å². The van der Waals surface area contributed by atoms with E-state index in [1.54, 1.807) is 0 Å². The Bertz CT molecular complexity index is 310. The second-order valence-corrected chi connectivity index (χ2v) is 4.57. The van der Waals surface area contributed by atoms with E-state index in [4.69, 9.17) is 9.84 Å². The molecular formula is C11H20N2O5. The molecule has 1 saturated heterocycles. The van der Waals surface area contributed by atoms with Crippen molar-refractivity contribution in [1.82, 2.24) is 10.2 Å². The number of methoxy groups -OCH3 is 1. The minimum atomic E-state index is -1.13. The van der Waals surface area contributed by atoms with Gasteiger partial charge in [-0.1, -0.05) is 6.92 Å². The predicted octanol–water partition coefficient (Wildman–Crippen LogP) is -0.502. The summed E-state index contributed by atoms with van der Waals surface area (Å²) in [5.74, 6) is -1.13. The summed E-state index contributed by atoms with van der Waals surface area (Å²) < 4.78 is 4.74. The number of likely N-dealkylation sites (tertiary alicyclic amines) is 1. The lowest BCUT2D eigenvalue weighted by Gasteiger charge is -2.34. The fourth-order valence-electron chi connectivity index (χ4n) is 1.90. The molecule has 7 nitrogen and oxygen atoms in total. The average Bonchev–Trinajstić information content (AvgIpc) is 2.31. The molecule has 1 aliphatic rings. The molecule has 1 rings (SSSR count). The van der Waals surface area contributed by atoms with Crippen LogP contribution in [0.25, 0.3) is 0 Å². The third-order valence-electron chi connectivity index (χ3n) is 3.08. The molecular weight excluding hydrogens is 240 g/mol. The number of amides is 2. The van der Waals surface area contributed by atoms with Gasteiger partial charge in [-0.2, -0.15) is 0 Å². The Morgan fingerprint density at radius 3 is 2.72 bits per heavy atom. The van der Waals surface area contributed by atoms with Crippen molar-refractivity contribution in [2.75, 3.05) is 26.8 Å². The zero-order valence-electron chi connectivity index (χ0n) is 10.6. The first kappa shape index (κ1) is 14.7. The maximum absolute atomic E-state index is 11.9. The van der Waals surface area contributed by atoms with Gasteiger partial charge in [0.1, 0.15) is 0 Å². The van der Waals surface area contributed by atoms with Gasteiger partial charge in [-0.25, -0.2) is 9.59 Å². The Morgan fingerprint density at radius 1 is 1.56 bits per heavy atom. The molecule has 3 atom stereocenters. The molecule has 1 heterocycles. The Balaban J connectivity index is 2.51. The van der Waals surface area contributed by atoms with Gasteiger partial charge in [-0.05, 0) is 12.3 Å². The molecule has 7 heteroatoms. The van der Waals surface area contributed by atoms with Gasteiger partial charge in [0.15, 0.2) is 6.04 Å². The maximum Gasteiger partial charge on any atom is 0.328 e. The number of aliphatic carboxylic acids is 1. The molecule has 1 fully saturated rings. The minimum Gasteiger partial charge on any atom is -0.480 e. The molecule has 0 saturated carbocycles. The molecule has 104 valence electrons. The molecule has 0 aromatic carbocycles. The number of carboxylic acids is 1. The van der Waals surface area contributed by atoms with Gasteiger partial charge < -0.3 is 25.2 Å². The van der Waals surface area contributed by atoms with Crippen molar-refractivity contribution in [3.05, 3.63) is 0 Å². The van der Waals surface area contributed by atoms with E-state index in [-0.39, 0.29) is 12.5 Å². The Kier molecular flexibility index (Phi) is 5.36. The highest BCUT2D eigenvalue weighted by atomic mass is 16.5. The van der Waals surface area contributed by atoms with Crippen molar-refractivity contribution in [2.45, 2.75) is 25.5 Å². The number of nitrogens with one attached hydrogen (secondary N) is 1. The average molecular weight is 260 g/mol. The van der Waals surface area contributed by atoms with Gasteiger partial charge in [-0.3, -0.25) is 0 Å². The van der Waals surface area contributed by atoms with E-state index in [2.05, 4.69) is 5.32 Å². The fourth-order valence-corrected chi connectivity index (χ4v) is 1.90. The number of rotatable bonds is 4. The van der Waals surface area contributed by atoms with Crippen molar-refractivity contribution >= 4 is 12.0 Å². The second kappa shape index (κ2) is 6.55. The van der Waals surface area contributed by atoms with Crippen molar-refractivity contribution in [1.29, 1.82) is 0 Å². The Morgan fingerprint density at radius 2 is 2.22 bits per heavy atom. The lowest BCUT2D eigenvalue weighted by molar-refractivity contribution is -0.140. The molecule has 0 aliphatic carbocycles. The van der Waals surface area contributed by atoms with Crippen LogP contribution < -0.4 is 5.32 Å². The molecule has 0 aromatic heterocycles. The zero-order chi connectivity index (χ0) is 13.7. The number of carbonyl (C=O) groups is 2. The quantitative estimate of drug-likeness (QED) is 0.633. The highest BCUT2D eigenvalue weighted by Gasteiger charge is 2.29. The molecule has 3 N–H and O–H groups in total. The van der Waals surface area contributed by atoms with Crippen LogP contribution in [0.3, 0.4) is 0 Å². The molecule has 0 aromatic rings. The predicted molar refractivity (Wildman–Crippen MR) is 63.2 cm³/mol. The smallest absolute Gasteiger partial charge is 0.328 e. The first-order valence-electron chi connectivity index (χ1n) is 5.91. The van der Waals surface area contributed by atoms with Crippen LogP contribution in [0, 0.1) is 5.92 Å². The maximum atomic E-state index is 11.9. The number of hydrogen-bond donors (Lipinski definition) is 3. The van der Waals surface area contributed by atoms with Crippen LogP contribution in [0.1, 0.15) is 13.3 Å². The number of carbonyl (C=O) groups excluding carboxylic acids is 1. The van der Waals surface area contributed by atoms with E-state index in [0.29, 0.717) is 19.5 Å². The van der Waals surface area contributed by atoms with E-state index in [1.807, 2.05) is 6.92 Å². The molecule has 0 spiro atoms. The number of hydrogen-bond acceptors (Lipinski definition) is 4. The highest BCUT2D eigenvalue weighted by Crippen LogP contribution is 2.16. The van der Waals surface area contributed by atoms with Gasteiger partial charge in [0.25, 0.3) is 0 Å². The first-order valence-corrected chi connectivity index (χ1v) is 5.91. The first-order chi connectivity index (χ1) is 8.45. The van der Waals surface area contributed by atoms with Gasteiger partial charge in [0.2, 0.25) is 0 Å². The molecule has 18 heavy (non-hydrogen) atoms. The van der Waals surface area contributed by atoms with Crippen molar-refractivity contribution in [2.24, 2.45) is 5.92 Å². The lowest BCUT2D eigenvalue weighted by Crippen LogP contribution is -2.53. The summed E-state index contributed by atoms with van der Waals surface area (Å²) in [6.45, 7) is 2.63. The van der Waals surface area contributed by atoms with Crippen LogP contribution in [0.2, 0.25) is 0 Å². The summed E-state index contributed by atoms with van der Waals surface area (Å²) in [6.07, 6.45) is 0.111. The molecule has 3 unspecified atom stereocenters. The molecule has 0 radical (unpaired) electrons. The summed E-state index contributed by atoms with van der Waals surface area (Å²) in [7, 11) is 1.38. The number of nitrogens with zero attached hydrogens (tertiary/aromatic N) is 1. The van der Waals surface area contributed by atoms with Gasteiger partial charge in [0, 0.05) is 20.2 Å². The highest BCUT2D eigenvalue weighted by molar-refractivity contribution is 5.82. The normalized spacial score (nSPS) is 25.6. The molecule has 0 bridgehead atoms. The van der Waals surface area contributed by atoms with Crippen LogP contribution >= 0.6 is 0 Å². The van der Waals surface area contributed by atoms with Crippen molar-refractivity contribution < 1.29 is 24.5 Å². The van der Waals surface area contributed by atoms with E-state index >= 15 is 0 Å². The van der Waals surface area contributed by atoms with Crippen LogP contribution in [0.15, 0.2) is 0 Å². The van der Waals surface area contributed by atoms with Crippen LogP contribution in [-0.2, 0) is 9.53 Å². The number of aliphatic hydroxyl groups excluding tert-OH is 1. The summed E-state index contributed by atoms with van der Waals surface area (Å²) in [5, 5.41) is 20.9. The van der Waals surface area contributed by atoms with Crippen LogP contribution in [0.5, 0.6) is 0 Å². The monoisotopic (exact) mass is 260 g/mol. The number of piperidine rings is 1. The third kappa shape index (κ3) is 3.85. The summed E-state index contributed by atoms with van der Waals surface area (Å²) in [5.41, 5.74) is 0. The largest absolute Gasteiger partial charge is 0.480 e. The standard InChI is InChI=1S/C11H20N2O5/c1-7-5-13(4-3-9(7)14)11(17)12-8(6-18-2)10(15)16/h7-9,14H,3-6H2,1-2H3,(H,12,17)(H,15,16). The van der Waals surface area contributed by atoms with Gasteiger partial charge in [0.05, 0.1) is 12.7 Å². The topological polar surface area (TPSA) is 99.1 Å². The van der Waals surface area contributed by atoms with E-state index in [1.165, 1.54) is 12.0 Å². The SMILES string of the molecule is COCC(NC(=O)N1CCC(O)C(C)C1)C(=O)O. The number of ether oxygens (including phenoxy) is 1. The Labute approximate surface area is 106 Å². The number of aliphatic hydroxyl groups is 1. The summed E-state index contributed by atoms with van der Waals surface area (Å²) >= 11 is 0. The molecule has 1 aliphatic heterocycles. The molecule has 2 amide bonds. The van der Waals surface area contributed by atoms with E-state index in [9.17, 15) is 14.7 Å². The lowest BCUT2D eigenvalue weighted by atomic mass is 9.97. The van der Waals surface area contributed by atoms with Gasteiger partial charge in [-0.15, -0.1) is 0 Å². The summed E-state index contributed by atoms with van der Waals surface area (Å²) in [4.78, 5) is 24.2. The zero-order valence-corrected chi connectivity index (χ0v) is 10.6. The third-order valence-corrected chi connectivity index (χ3v) is 3.08.